The molecule has 10 atom stereocenters. The van der Waals surface area contributed by atoms with E-state index in [1.54, 1.807) is 0 Å². The maximum Gasteiger partial charge on any atom is 0.367 e. The van der Waals surface area contributed by atoms with Gasteiger partial charge in [-0.1, -0.05) is 0 Å². The van der Waals surface area contributed by atoms with E-state index in [0.717, 1.165) is 6.92 Å². The van der Waals surface area contributed by atoms with Crippen molar-refractivity contribution in [3.63, 3.8) is 0 Å². The average molecular weight is 471 g/mol. The summed E-state index contributed by atoms with van der Waals surface area (Å²) < 4.78 is 9.93. The first-order chi connectivity index (χ1) is 14.7. The number of aliphatic hydroxyl groups excluding tert-OH is 9. The Bertz CT molecular complexity index is 664. The molecule has 1 aliphatic carbocycles. The van der Waals surface area contributed by atoms with Gasteiger partial charge in [0.25, 0.3) is 5.79 Å². The van der Waals surface area contributed by atoms with Gasteiger partial charge in [0.15, 0.2) is 6.10 Å². The number of carbonyl (C=O) groups excluding carboxylic acids is 2. The zero-order chi connectivity index (χ0) is 24.5. The van der Waals surface area contributed by atoms with E-state index >= 15 is 0 Å². The summed E-state index contributed by atoms with van der Waals surface area (Å²) in [5.41, 5.74) is 0. The molecule has 11 N–H and O–H groups in total. The second-order valence-electron chi connectivity index (χ2n) is 7.93. The first-order valence-electron chi connectivity index (χ1n) is 9.69. The lowest BCUT2D eigenvalue weighted by Crippen LogP contribution is -2.69. The molecule has 2 rings (SSSR count). The fourth-order valence-electron chi connectivity index (χ4n) is 3.68. The van der Waals surface area contributed by atoms with E-state index in [0.29, 0.717) is 0 Å². The van der Waals surface area contributed by atoms with Crippen LogP contribution in [-0.2, 0) is 19.1 Å². The van der Waals surface area contributed by atoms with E-state index in [-0.39, 0.29) is 0 Å². The molecular formula is C17H29NO14. The fourth-order valence-corrected chi connectivity index (χ4v) is 3.68. The number of aliphatic hydroxyl groups is 10. The van der Waals surface area contributed by atoms with Gasteiger partial charge in [0.05, 0.1) is 18.8 Å². The lowest BCUT2D eigenvalue weighted by Gasteiger charge is -2.46. The average Bonchev–Trinajstić information content (AvgIpc) is 2.74. The van der Waals surface area contributed by atoms with Crippen LogP contribution in [0.3, 0.4) is 0 Å². The minimum Gasteiger partial charge on any atom is -0.453 e. The maximum absolute atomic E-state index is 12.6. The highest BCUT2D eigenvalue weighted by Crippen LogP contribution is 2.33. The Kier molecular flexibility index (Phi) is 8.52. The number of ether oxygens (including phenoxy) is 2. The topological polar surface area (TPSA) is 267 Å². The second kappa shape index (κ2) is 10.2. The molecule has 15 heteroatoms. The summed E-state index contributed by atoms with van der Waals surface area (Å²) in [6, 6.07) is -1.44. The molecule has 0 aromatic rings. The lowest BCUT2D eigenvalue weighted by molar-refractivity contribution is -0.306. The van der Waals surface area contributed by atoms with Gasteiger partial charge in [-0.2, -0.15) is 0 Å². The molecule has 0 bridgehead atoms. The zero-order valence-electron chi connectivity index (χ0n) is 16.9. The molecule has 32 heavy (non-hydrogen) atoms. The first-order valence-corrected chi connectivity index (χ1v) is 9.69. The van der Waals surface area contributed by atoms with Crippen LogP contribution >= 0.6 is 0 Å². The molecule has 1 aliphatic heterocycles. The summed E-state index contributed by atoms with van der Waals surface area (Å²) in [6.45, 7) is 0.0793. The quantitative estimate of drug-likeness (QED) is 0.161. The highest BCUT2D eigenvalue weighted by atomic mass is 16.7. The largest absolute Gasteiger partial charge is 0.453 e. The third-order valence-electron chi connectivity index (χ3n) is 5.51. The van der Waals surface area contributed by atoms with E-state index in [1.165, 1.54) is 0 Å². The normalized spacial score (nSPS) is 44.4. The van der Waals surface area contributed by atoms with Crippen LogP contribution in [0.1, 0.15) is 13.3 Å². The van der Waals surface area contributed by atoms with E-state index < -0.39 is 97.8 Å². The van der Waals surface area contributed by atoms with Crippen LogP contribution in [0.4, 0.5) is 0 Å². The van der Waals surface area contributed by atoms with Gasteiger partial charge in [0.2, 0.25) is 5.91 Å². The number of rotatable bonds is 6. The Morgan fingerprint density at radius 1 is 1.03 bits per heavy atom. The highest BCUT2D eigenvalue weighted by Gasteiger charge is 2.57. The smallest absolute Gasteiger partial charge is 0.367 e. The van der Waals surface area contributed by atoms with E-state index in [2.05, 4.69) is 5.32 Å². The number of amides is 1. The molecule has 1 amide bonds. The predicted molar refractivity (Wildman–Crippen MR) is 97.1 cm³/mol. The SMILES string of the molecule is CC(=O)N[C@H]1[C@H]([C@H](O)[C@H](O)CO)O[C@](O)(C(=O)OC2C(O)C(O)C(O)C(O)C2O)C[C@@H]1O. The maximum atomic E-state index is 12.6. The lowest BCUT2D eigenvalue weighted by atomic mass is 9.84. The number of nitrogens with one attached hydrogen (secondary N) is 1. The molecule has 4 unspecified atom stereocenters. The zero-order valence-corrected chi connectivity index (χ0v) is 16.9. The Morgan fingerprint density at radius 2 is 1.53 bits per heavy atom. The van der Waals surface area contributed by atoms with Crippen LogP contribution in [0, 0.1) is 0 Å². The molecule has 0 spiro atoms. The van der Waals surface area contributed by atoms with Crippen molar-refractivity contribution in [2.24, 2.45) is 0 Å². The molecule has 15 nitrogen and oxygen atoms in total. The van der Waals surface area contributed by atoms with E-state index in [9.17, 15) is 55.5 Å². The minimum atomic E-state index is -3.05. The van der Waals surface area contributed by atoms with Crippen molar-refractivity contribution < 1.29 is 70.1 Å². The van der Waals surface area contributed by atoms with Crippen molar-refractivity contribution >= 4 is 11.9 Å². The molecular weight excluding hydrogens is 442 g/mol. The monoisotopic (exact) mass is 471 g/mol. The second-order valence-corrected chi connectivity index (χ2v) is 7.93. The Hall–Kier alpha value is -1.50. The molecule has 2 aliphatic rings. The van der Waals surface area contributed by atoms with Crippen LogP contribution in [0.2, 0.25) is 0 Å². The summed E-state index contributed by atoms with van der Waals surface area (Å²) in [5.74, 6) is -5.48. The standard InChI is InChI=1S/C17H29NO14/c1-4(20)18-7-5(21)2-17(30,32-14(7)8(23)6(22)3-19)16(29)31-15-12(27)10(25)9(24)11(26)13(15)28/h5-15,19,21-28,30H,2-3H2,1H3,(H,18,20)/t5-,6+,7+,8+,9?,10?,11?,12?,13?,14+,15?,17-/m0/s1. The van der Waals surface area contributed by atoms with Gasteiger partial charge in [0.1, 0.15) is 48.8 Å². The van der Waals surface area contributed by atoms with Crippen LogP contribution in [0.5, 0.6) is 0 Å². The van der Waals surface area contributed by atoms with E-state index in [4.69, 9.17) is 14.6 Å². The van der Waals surface area contributed by atoms with Crippen LogP contribution in [0.25, 0.3) is 0 Å². The van der Waals surface area contributed by atoms with Crippen molar-refractivity contribution in [3.8, 4) is 0 Å². The molecule has 2 fully saturated rings. The minimum absolute atomic E-state index is 0.698. The summed E-state index contributed by atoms with van der Waals surface area (Å²) in [6.07, 6.45) is -20.7. The number of hydrogen-bond donors (Lipinski definition) is 11. The number of hydrogen-bond acceptors (Lipinski definition) is 14. The summed E-state index contributed by atoms with van der Waals surface area (Å²) >= 11 is 0. The van der Waals surface area contributed by atoms with Crippen molar-refractivity contribution in [2.75, 3.05) is 6.61 Å². The van der Waals surface area contributed by atoms with Crippen molar-refractivity contribution in [2.45, 2.75) is 86.2 Å². The molecule has 1 saturated heterocycles. The van der Waals surface area contributed by atoms with Gasteiger partial charge in [-0.05, 0) is 0 Å². The Labute approximate surface area is 181 Å². The van der Waals surface area contributed by atoms with Crippen molar-refractivity contribution in [1.29, 1.82) is 0 Å². The van der Waals surface area contributed by atoms with Gasteiger partial charge in [-0.15, -0.1) is 0 Å². The molecule has 1 heterocycles. The Morgan fingerprint density at radius 3 is 2.00 bits per heavy atom. The van der Waals surface area contributed by atoms with E-state index in [1.807, 2.05) is 0 Å². The predicted octanol–water partition coefficient (Wildman–Crippen LogP) is -7.23. The van der Waals surface area contributed by atoms with Crippen molar-refractivity contribution in [1.82, 2.24) is 5.32 Å². The molecule has 0 radical (unpaired) electrons. The molecule has 0 aromatic carbocycles. The highest BCUT2D eigenvalue weighted by molar-refractivity contribution is 5.78. The van der Waals surface area contributed by atoms with Crippen LogP contribution < -0.4 is 5.32 Å². The van der Waals surface area contributed by atoms with Gasteiger partial charge in [-0.25, -0.2) is 4.79 Å². The summed E-state index contributed by atoms with van der Waals surface area (Å²) in [7, 11) is 0. The number of esters is 1. The van der Waals surface area contributed by atoms with Gasteiger partial charge >= 0.3 is 5.97 Å². The van der Waals surface area contributed by atoms with Crippen LogP contribution in [0.15, 0.2) is 0 Å². The fraction of sp³-hybridized carbons (Fsp3) is 0.882. The first kappa shape index (κ1) is 26.7. The van der Waals surface area contributed by atoms with Gasteiger partial charge < -0.3 is 65.9 Å². The summed E-state index contributed by atoms with van der Waals surface area (Å²) in [5, 5.41) is 101. The van der Waals surface area contributed by atoms with Gasteiger partial charge in [-0.3, -0.25) is 4.79 Å². The van der Waals surface area contributed by atoms with Crippen LogP contribution in [-0.4, -0.2) is 142 Å². The van der Waals surface area contributed by atoms with Crippen molar-refractivity contribution in [3.05, 3.63) is 0 Å². The third-order valence-corrected chi connectivity index (χ3v) is 5.51. The van der Waals surface area contributed by atoms with Gasteiger partial charge in [0, 0.05) is 13.3 Å². The third kappa shape index (κ3) is 5.18. The Balaban J connectivity index is 2.27. The molecule has 186 valence electrons. The molecule has 1 saturated carbocycles. The number of carbonyl (C=O) groups is 2. The molecule has 0 aromatic heterocycles. The summed E-state index contributed by atoms with van der Waals surface area (Å²) in [4.78, 5) is 24.1.